The van der Waals surface area contributed by atoms with Crippen molar-refractivity contribution in [1.29, 1.82) is 0 Å². The van der Waals surface area contributed by atoms with Crippen LogP contribution in [0.4, 0.5) is 29.3 Å². The summed E-state index contributed by atoms with van der Waals surface area (Å²) in [6, 6.07) is 5.20. The summed E-state index contributed by atoms with van der Waals surface area (Å²) in [5, 5.41) is 11.2. The van der Waals surface area contributed by atoms with Crippen molar-refractivity contribution in [3.05, 3.63) is 34.6 Å². The Labute approximate surface area is 206 Å². The molecule has 4 aliphatic heterocycles. The predicted molar refractivity (Wildman–Crippen MR) is 131 cm³/mol. The number of anilines is 2. The zero-order valence-corrected chi connectivity index (χ0v) is 20.6. The smallest absolute Gasteiger partial charge is 0.422 e. The monoisotopic (exact) mass is 529 g/mol. The Bertz CT molecular complexity index is 1120. The van der Waals surface area contributed by atoms with Crippen molar-refractivity contribution < 1.29 is 37.0 Å². The van der Waals surface area contributed by atoms with Gasteiger partial charge in [-0.3, -0.25) is 9.59 Å². The average molecular weight is 530 g/mol. The van der Waals surface area contributed by atoms with Crippen molar-refractivity contribution in [1.82, 2.24) is 5.32 Å². The maximum absolute atomic E-state index is 13.5. The summed E-state index contributed by atoms with van der Waals surface area (Å²) in [6.07, 6.45) is -2.03. The molecule has 1 aromatic carbocycles. The first-order chi connectivity index (χ1) is 17.1. The number of ether oxygens (including phenoxy) is 2. The van der Waals surface area contributed by atoms with E-state index in [0.29, 0.717) is 37.4 Å². The topological polar surface area (TPSA) is 106 Å². The summed E-state index contributed by atoms with van der Waals surface area (Å²) in [4.78, 5) is 38.6. The van der Waals surface area contributed by atoms with E-state index in [2.05, 4.69) is 20.7 Å². The van der Waals surface area contributed by atoms with Crippen LogP contribution in [-0.2, 0) is 24.5 Å². The molecule has 36 heavy (non-hydrogen) atoms. The maximum Gasteiger partial charge on any atom is 0.422 e. The zero-order valence-electron chi connectivity index (χ0n) is 19.7. The second kappa shape index (κ2) is 8.69. The fourth-order valence-electron chi connectivity index (χ4n) is 5.91. The van der Waals surface area contributed by atoms with Gasteiger partial charge in [-0.25, -0.2) is 14.0 Å². The van der Waals surface area contributed by atoms with E-state index in [9.17, 15) is 27.6 Å². The number of alkyl carbamates (subject to hydrolysis) is 1. The molecule has 2 saturated heterocycles. The number of fused-ring (bicyclic) bond motifs is 2. The molecule has 0 saturated carbocycles. The van der Waals surface area contributed by atoms with Crippen LogP contribution in [0.15, 0.2) is 29.0 Å². The fraction of sp³-hybridized carbons (Fsp3) is 0.542. The Morgan fingerprint density at radius 3 is 2.47 bits per heavy atom. The minimum absolute atomic E-state index is 0.0922. The van der Waals surface area contributed by atoms with E-state index in [1.54, 1.807) is 12.1 Å². The highest BCUT2D eigenvalue weighted by atomic mass is 32.3. The molecule has 0 radical (unpaired) electrons. The zero-order chi connectivity index (χ0) is 25.6. The van der Waals surface area contributed by atoms with Gasteiger partial charge >= 0.3 is 12.3 Å². The van der Waals surface area contributed by atoms with Crippen molar-refractivity contribution in [2.75, 3.05) is 42.0 Å². The van der Waals surface area contributed by atoms with Crippen LogP contribution in [0.1, 0.15) is 37.7 Å². The van der Waals surface area contributed by atoms with Gasteiger partial charge in [-0.2, -0.15) is 13.2 Å². The minimum Gasteiger partial charge on any atom is -0.440 e. The van der Waals surface area contributed by atoms with Crippen LogP contribution in [0, 0.1) is 0 Å². The first-order valence-electron chi connectivity index (χ1n) is 12.1. The molecule has 12 heteroatoms. The summed E-state index contributed by atoms with van der Waals surface area (Å²) in [7, 11) is -2.87. The second-order valence-electron chi connectivity index (χ2n) is 10.2. The molecule has 4 heterocycles. The lowest BCUT2D eigenvalue weighted by molar-refractivity contribution is -0.160. The van der Waals surface area contributed by atoms with Crippen LogP contribution in [0.5, 0.6) is 0 Å². The number of thiol groups is 1. The predicted octanol–water partition coefficient (Wildman–Crippen LogP) is 3.98. The number of amides is 3. The van der Waals surface area contributed by atoms with E-state index in [4.69, 9.17) is 4.74 Å². The number of nitrogens with one attached hydrogen (secondary N) is 3. The second-order valence-corrected chi connectivity index (χ2v) is 15.7. The van der Waals surface area contributed by atoms with E-state index in [1.807, 2.05) is 16.9 Å². The lowest BCUT2D eigenvalue weighted by Crippen LogP contribution is -2.51. The van der Waals surface area contributed by atoms with Gasteiger partial charge < -0.3 is 25.4 Å². The van der Waals surface area contributed by atoms with Gasteiger partial charge in [0, 0.05) is 24.6 Å². The lowest BCUT2D eigenvalue weighted by Gasteiger charge is -2.53. The van der Waals surface area contributed by atoms with Gasteiger partial charge in [-0.1, -0.05) is 23.3 Å². The molecule has 1 aromatic rings. The lowest BCUT2D eigenvalue weighted by atomic mass is 9.75. The third kappa shape index (κ3) is 4.34. The molecule has 0 unspecified atom stereocenters. The molecule has 198 valence electrons. The number of rotatable bonds is 5. The number of halogens is 3. The molecular formula is C24H30F3N3O5S. The number of hydrogen-bond acceptors (Lipinski definition) is 5. The largest absolute Gasteiger partial charge is 0.440 e. The van der Waals surface area contributed by atoms with E-state index < -0.39 is 44.7 Å². The summed E-state index contributed by atoms with van der Waals surface area (Å²) in [6.45, 7) is -0.750. The van der Waals surface area contributed by atoms with Gasteiger partial charge in [0.1, 0.15) is 5.37 Å². The number of hydrogen-bond donors (Lipinski definition) is 4. The van der Waals surface area contributed by atoms with Gasteiger partial charge in [-0.15, -0.1) is 0 Å². The highest BCUT2D eigenvalue weighted by Crippen LogP contribution is 2.86. The minimum atomic E-state index is -4.67. The van der Waals surface area contributed by atoms with Gasteiger partial charge in [0.15, 0.2) is 6.61 Å². The van der Waals surface area contributed by atoms with Crippen LogP contribution in [0.2, 0.25) is 0 Å². The summed E-state index contributed by atoms with van der Waals surface area (Å²) in [5.41, 5.74) is 1.26. The van der Waals surface area contributed by atoms with E-state index >= 15 is 0 Å². The molecule has 8 nitrogen and oxygen atoms in total. The van der Waals surface area contributed by atoms with Gasteiger partial charge in [0.2, 0.25) is 5.91 Å². The van der Waals surface area contributed by atoms with Gasteiger partial charge in [-0.05, 0) is 54.9 Å². The molecule has 3 N–H and O–H groups in total. The Morgan fingerprint density at radius 1 is 1.14 bits per heavy atom. The standard InChI is InChI=1S/C24H30F3N3O5S/c25-24(26,27)15-35-22(33)30-20(36(12-13-36)10-2-1-3-11-36)19(31)28-16-4-5-17-18(14-16)29-21(32)23(17)6-8-34-9-7-23/h4-5,12-14,20,36H,1-3,6-11,15H2,(H,28,31)(H,29,32)(H,30,33)/t20-/m0/s1. The Kier molecular flexibility index (Phi) is 6.02. The molecular weight excluding hydrogens is 499 g/mol. The highest BCUT2D eigenvalue weighted by Gasteiger charge is 2.56. The number of benzene rings is 1. The van der Waals surface area contributed by atoms with Crippen LogP contribution in [0.25, 0.3) is 0 Å². The highest BCUT2D eigenvalue weighted by molar-refractivity contribution is 8.59. The Morgan fingerprint density at radius 2 is 1.83 bits per heavy atom. The summed E-state index contributed by atoms with van der Waals surface area (Å²) >= 11 is 0. The number of carbonyl (C=O) groups excluding carboxylic acids is 3. The molecule has 1 atom stereocenters. The molecule has 3 amide bonds. The molecule has 0 aliphatic carbocycles. The third-order valence-electron chi connectivity index (χ3n) is 8.01. The van der Waals surface area contributed by atoms with Crippen LogP contribution < -0.4 is 16.0 Å². The molecule has 0 bridgehead atoms. The van der Waals surface area contributed by atoms with Crippen LogP contribution in [-0.4, -0.2) is 60.8 Å². The third-order valence-corrected chi connectivity index (χ3v) is 14.0. The molecule has 0 aromatic heterocycles. The first-order valence-corrected chi connectivity index (χ1v) is 14.9. The molecule has 5 rings (SSSR count). The maximum atomic E-state index is 13.5. The Balaban J connectivity index is 1.36. The fourth-order valence-corrected chi connectivity index (χ4v) is 11.7. The molecule has 2 spiro atoms. The van der Waals surface area contributed by atoms with Crippen molar-refractivity contribution in [3.8, 4) is 0 Å². The Hall–Kier alpha value is -2.73. The molecule has 2 fully saturated rings. The van der Waals surface area contributed by atoms with E-state index in [0.717, 1.165) is 36.3 Å². The van der Waals surface area contributed by atoms with E-state index in [1.165, 1.54) is 0 Å². The summed E-state index contributed by atoms with van der Waals surface area (Å²) in [5.74, 6) is 0.862. The average Bonchev–Trinajstić information content (AvgIpc) is 3.49. The number of alkyl halides is 3. The van der Waals surface area contributed by atoms with Gasteiger partial charge in [0.25, 0.3) is 5.91 Å². The normalized spacial score (nSPS) is 24.6. The quantitative estimate of drug-likeness (QED) is 0.432. The van der Waals surface area contributed by atoms with E-state index in [-0.39, 0.29) is 5.91 Å². The van der Waals surface area contributed by atoms with Crippen LogP contribution in [0.3, 0.4) is 0 Å². The van der Waals surface area contributed by atoms with Gasteiger partial charge in [0.05, 0.1) is 5.41 Å². The van der Waals surface area contributed by atoms with Crippen molar-refractivity contribution >= 4 is 38.4 Å². The molecule has 4 aliphatic rings. The first kappa shape index (κ1) is 24.9. The van der Waals surface area contributed by atoms with Crippen molar-refractivity contribution in [2.45, 2.75) is 49.1 Å². The SMILES string of the molecule is O=C(N[C@H](C(=O)Nc1ccc2c(c1)NC(=O)C21CCOCC1)[SH]12(C=C1)CCCCC2)OCC(F)(F)F. The number of carbonyl (C=O) groups is 3. The van der Waals surface area contributed by atoms with Crippen LogP contribution >= 0.6 is 9.16 Å². The van der Waals surface area contributed by atoms with Crippen molar-refractivity contribution in [2.24, 2.45) is 0 Å². The van der Waals surface area contributed by atoms with Crippen molar-refractivity contribution in [3.63, 3.8) is 0 Å². The summed E-state index contributed by atoms with van der Waals surface area (Å²) < 4.78 is 47.5.